The third kappa shape index (κ3) is 4.72. The Bertz CT molecular complexity index is 653. The molecule has 0 fully saturated rings. The van der Waals surface area contributed by atoms with Gasteiger partial charge in [0.25, 0.3) is 5.91 Å². The molecule has 4 nitrogen and oxygen atoms in total. The lowest BCUT2D eigenvalue weighted by Gasteiger charge is -2.07. The van der Waals surface area contributed by atoms with Crippen LogP contribution >= 0.6 is 15.9 Å². The summed E-state index contributed by atoms with van der Waals surface area (Å²) in [4.78, 5) is 22.7. The number of aryl methyl sites for hydroxylation is 1. The van der Waals surface area contributed by atoms with Crippen molar-refractivity contribution in [2.75, 3.05) is 5.32 Å². The number of carboxylic acids is 1. The van der Waals surface area contributed by atoms with Crippen molar-refractivity contribution in [2.24, 2.45) is 0 Å². The third-order valence-corrected chi connectivity index (χ3v) is 3.45. The van der Waals surface area contributed by atoms with E-state index in [0.717, 1.165) is 10.0 Å². The van der Waals surface area contributed by atoms with Crippen LogP contribution in [0.5, 0.6) is 0 Å². The minimum absolute atomic E-state index is 0.0735. The lowest BCUT2D eigenvalue weighted by molar-refractivity contribution is -0.136. The van der Waals surface area contributed by atoms with E-state index in [1.54, 1.807) is 42.5 Å². The maximum Gasteiger partial charge on any atom is 0.303 e. The number of aliphatic carboxylic acids is 1. The van der Waals surface area contributed by atoms with Crippen molar-refractivity contribution in [3.63, 3.8) is 0 Å². The Labute approximate surface area is 130 Å². The predicted molar refractivity (Wildman–Crippen MR) is 84.5 cm³/mol. The highest BCUT2D eigenvalue weighted by Crippen LogP contribution is 2.15. The van der Waals surface area contributed by atoms with Crippen molar-refractivity contribution in [3.05, 3.63) is 64.1 Å². The molecule has 2 aromatic carbocycles. The zero-order valence-corrected chi connectivity index (χ0v) is 12.8. The van der Waals surface area contributed by atoms with E-state index in [4.69, 9.17) is 5.11 Å². The van der Waals surface area contributed by atoms with Crippen LogP contribution in [0.2, 0.25) is 0 Å². The molecule has 108 valence electrons. The molecule has 0 spiro atoms. The molecule has 2 rings (SSSR count). The van der Waals surface area contributed by atoms with Crippen molar-refractivity contribution >= 4 is 33.5 Å². The smallest absolute Gasteiger partial charge is 0.303 e. The van der Waals surface area contributed by atoms with Gasteiger partial charge in [0.2, 0.25) is 0 Å². The van der Waals surface area contributed by atoms with E-state index in [0.29, 0.717) is 17.7 Å². The highest BCUT2D eigenvalue weighted by atomic mass is 79.9. The minimum Gasteiger partial charge on any atom is -0.481 e. The fourth-order valence-electron chi connectivity index (χ4n) is 1.86. The van der Waals surface area contributed by atoms with Gasteiger partial charge in [-0.1, -0.05) is 28.1 Å². The quantitative estimate of drug-likeness (QED) is 0.866. The topological polar surface area (TPSA) is 66.4 Å². The van der Waals surface area contributed by atoms with Crippen molar-refractivity contribution < 1.29 is 14.7 Å². The van der Waals surface area contributed by atoms with Crippen LogP contribution < -0.4 is 5.32 Å². The summed E-state index contributed by atoms with van der Waals surface area (Å²) < 4.78 is 0.912. The average molecular weight is 348 g/mol. The van der Waals surface area contributed by atoms with Gasteiger partial charge in [-0.05, 0) is 48.4 Å². The maximum absolute atomic E-state index is 12.1. The summed E-state index contributed by atoms with van der Waals surface area (Å²) in [5.41, 5.74) is 2.10. The average Bonchev–Trinajstić information content (AvgIpc) is 2.46. The Morgan fingerprint density at radius 2 is 1.81 bits per heavy atom. The fourth-order valence-corrected chi connectivity index (χ4v) is 2.12. The van der Waals surface area contributed by atoms with Gasteiger partial charge in [0.15, 0.2) is 0 Å². The zero-order valence-electron chi connectivity index (χ0n) is 11.2. The Balaban J connectivity index is 2.05. The van der Waals surface area contributed by atoms with Crippen molar-refractivity contribution in [1.29, 1.82) is 0 Å². The first kappa shape index (κ1) is 15.3. The number of hydrogen-bond acceptors (Lipinski definition) is 2. The Kier molecular flexibility index (Phi) is 5.11. The second-order valence-corrected chi connectivity index (χ2v) is 5.47. The minimum atomic E-state index is -0.834. The van der Waals surface area contributed by atoms with Crippen LogP contribution in [0.4, 0.5) is 5.69 Å². The predicted octanol–water partition coefficient (Wildman–Crippen LogP) is 3.72. The first-order chi connectivity index (χ1) is 10.0. The summed E-state index contributed by atoms with van der Waals surface area (Å²) >= 11 is 3.32. The van der Waals surface area contributed by atoms with E-state index in [1.165, 1.54) is 0 Å². The van der Waals surface area contributed by atoms with Crippen LogP contribution in [0.25, 0.3) is 0 Å². The number of carboxylic acid groups (broad SMARTS) is 1. The molecule has 0 heterocycles. The first-order valence-corrected chi connectivity index (χ1v) is 7.21. The fraction of sp³-hybridized carbons (Fsp3) is 0.125. The first-order valence-electron chi connectivity index (χ1n) is 6.42. The van der Waals surface area contributed by atoms with Crippen molar-refractivity contribution in [2.45, 2.75) is 12.8 Å². The highest BCUT2D eigenvalue weighted by molar-refractivity contribution is 9.10. The van der Waals surface area contributed by atoms with Gasteiger partial charge in [0.1, 0.15) is 0 Å². The number of nitrogens with one attached hydrogen (secondary N) is 1. The summed E-state index contributed by atoms with van der Waals surface area (Å²) in [6.07, 6.45) is 0.515. The van der Waals surface area contributed by atoms with Gasteiger partial charge in [-0.2, -0.15) is 0 Å². The molecule has 0 radical (unpaired) electrons. The van der Waals surface area contributed by atoms with E-state index < -0.39 is 5.97 Å². The SMILES string of the molecule is O=C(O)CCc1cccc(NC(=O)c2ccc(Br)cc2)c1. The Morgan fingerprint density at radius 3 is 2.48 bits per heavy atom. The van der Waals surface area contributed by atoms with Gasteiger partial charge in [-0.3, -0.25) is 9.59 Å². The lowest BCUT2D eigenvalue weighted by atomic mass is 10.1. The molecule has 0 atom stereocenters. The number of benzene rings is 2. The molecule has 0 saturated carbocycles. The molecule has 2 aromatic rings. The van der Waals surface area contributed by atoms with Crippen LogP contribution in [-0.2, 0) is 11.2 Å². The third-order valence-electron chi connectivity index (χ3n) is 2.92. The molecule has 0 aliphatic carbocycles. The summed E-state index contributed by atoms with van der Waals surface area (Å²) in [6.45, 7) is 0. The summed E-state index contributed by atoms with van der Waals surface area (Å²) in [7, 11) is 0. The van der Waals surface area contributed by atoms with E-state index in [1.807, 2.05) is 6.07 Å². The van der Waals surface area contributed by atoms with E-state index in [2.05, 4.69) is 21.2 Å². The molecule has 5 heteroatoms. The monoisotopic (exact) mass is 347 g/mol. The number of hydrogen-bond donors (Lipinski definition) is 2. The van der Waals surface area contributed by atoms with Gasteiger partial charge in [-0.25, -0.2) is 0 Å². The number of carbonyl (C=O) groups is 2. The second kappa shape index (κ2) is 7.04. The summed E-state index contributed by atoms with van der Waals surface area (Å²) in [6, 6.07) is 14.3. The number of amides is 1. The Hall–Kier alpha value is -2.14. The van der Waals surface area contributed by atoms with Crippen LogP contribution in [0.15, 0.2) is 53.0 Å². The van der Waals surface area contributed by atoms with Crippen LogP contribution in [0.3, 0.4) is 0 Å². The number of rotatable bonds is 5. The van der Waals surface area contributed by atoms with Gasteiger partial charge < -0.3 is 10.4 Å². The molecule has 0 bridgehead atoms. The second-order valence-electron chi connectivity index (χ2n) is 4.56. The normalized spacial score (nSPS) is 10.1. The van der Waals surface area contributed by atoms with Crippen molar-refractivity contribution in [1.82, 2.24) is 0 Å². The molecule has 0 saturated heterocycles. The molecule has 1 amide bonds. The molecule has 2 N–H and O–H groups in total. The summed E-state index contributed by atoms with van der Waals surface area (Å²) in [5, 5.41) is 11.5. The molecular weight excluding hydrogens is 334 g/mol. The number of halogens is 1. The standard InChI is InChI=1S/C16H14BrNO3/c17-13-7-5-12(6-8-13)16(21)18-14-3-1-2-11(10-14)4-9-15(19)20/h1-3,5-8,10H,4,9H2,(H,18,21)(H,19,20). The van der Waals surface area contributed by atoms with E-state index in [9.17, 15) is 9.59 Å². The Morgan fingerprint density at radius 1 is 1.10 bits per heavy atom. The van der Waals surface area contributed by atoms with Crippen LogP contribution in [0, 0.1) is 0 Å². The highest BCUT2D eigenvalue weighted by Gasteiger charge is 2.06. The number of anilines is 1. The maximum atomic E-state index is 12.1. The van der Waals surface area contributed by atoms with E-state index in [-0.39, 0.29) is 12.3 Å². The van der Waals surface area contributed by atoms with Gasteiger partial charge in [-0.15, -0.1) is 0 Å². The van der Waals surface area contributed by atoms with E-state index >= 15 is 0 Å². The van der Waals surface area contributed by atoms with Crippen LogP contribution in [-0.4, -0.2) is 17.0 Å². The molecule has 0 aliphatic rings. The largest absolute Gasteiger partial charge is 0.481 e. The van der Waals surface area contributed by atoms with Gasteiger partial charge >= 0.3 is 5.97 Å². The molecule has 21 heavy (non-hydrogen) atoms. The van der Waals surface area contributed by atoms with Crippen molar-refractivity contribution in [3.8, 4) is 0 Å². The number of carbonyl (C=O) groups excluding carboxylic acids is 1. The molecule has 0 aromatic heterocycles. The van der Waals surface area contributed by atoms with Gasteiger partial charge in [0, 0.05) is 22.1 Å². The van der Waals surface area contributed by atoms with Gasteiger partial charge in [0.05, 0.1) is 0 Å². The lowest BCUT2D eigenvalue weighted by Crippen LogP contribution is -2.11. The molecule has 0 aliphatic heterocycles. The molecular formula is C16H14BrNO3. The summed E-state index contributed by atoms with van der Waals surface area (Å²) in [5.74, 6) is -1.03. The molecule has 0 unspecified atom stereocenters. The van der Waals surface area contributed by atoms with Crippen LogP contribution in [0.1, 0.15) is 22.3 Å². The zero-order chi connectivity index (χ0) is 15.2.